The average Bonchev–Trinajstić information content (AvgIpc) is 3.88. The van der Waals surface area contributed by atoms with Crippen LogP contribution in [0.4, 0.5) is 85.5 Å². The maximum absolute atomic E-state index is 12.2. The van der Waals surface area contributed by atoms with Crippen LogP contribution in [0.15, 0.2) is 134 Å². The van der Waals surface area contributed by atoms with Crippen molar-refractivity contribution in [3.8, 4) is 6.07 Å². The number of anilines is 4. The van der Waals surface area contributed by atoms with Crippen LogP contribution in [0, 0.1) is 11.3 Å². The average molecular weight is 1330 g/mol. The van der Waals surface area contributed by atoms with Crippen molar-refractivity contribution < 1.29 is 98.3 Å². The van der Waals surface area contributed by atoms with Gasteiger partial charge in [-0.1, -0.05) is 31.9 Å². The smallest absolute Gasteiger partial charge is 0.408 e. The quantitative estimate of drug-likeness (QED) is 0.0548. The summed E-state index contributed by atoms with van der Waals surface area (Å²) >= 11 is -1.07. The zero-order valence-corrected chi connectivity index (χ0v) is 46.5. The SMILES string of the molecule is N#Cc1nnc(NC(=O)c2ccc(SC(F)(F)F)cc2)o1.O=C(Nc1nnc(C(F)F)o1)c1ccc(SC(F)(F)F)cc1.O=C(Nc1nnc(C2CC2)o1)c1ccc(SC(F)(F)F)cc1.O=C(Nc1nnc(C2CCC2)o1)c1ccc(SC(F)(F)F)cc1. The third-order valence-corrected chi connectivity index (χ3v) is 13.6. The molecule has 2 saturated carbocycles. The van der Waals surface area contributed by atoms with Gasteiger partial charge in [0.1, 0.15) is 0 Å². The molecule has 0 spiro atoms. The van der Waals surface area contributed by atoms with E-state index in [2.05, 4.69) is 66.5 Å². The van der Waals surface area contributed by atoms with Gasteiger partial charge in [-0.05, 0) is 170 Å². The minimum Gasteiger partial charge on any atom is -0.408 e. The number of hydrogen-bond donors (Lipinski definition) is 4. The van der Waals surface area contributed by atoms with Gasteiger partial charge in [0.15, 0.2) is 6.07 Å². The van der Waals surface area contributed by atoms with Gasteiger partial charge in [0.25, 0.3) is 29.5 Å². The normalized spacial score (nSPS) is 13.2. The number of nitrogens with zero attached hydrogens (tertiary/aromatic N) is 9. The molecule has 8 aromatic rings. The lowest BCUT2D eigenvalue weighted by Gasteiger charge is -2.20. The van der Waals surface area contributed by atoms with E-state index in [0.717, 1.165) is 56.4 Å². The molecule has 0 aliphatic heterocycles. The Kier molecular flexibility index (Phi) is 22.2. The van der Waals surface area contributed by atoms with Crippen LogP contribution in [0.2, 0.25) is 0 Å². The molecule has 4 N–H and O–H groups in total. The van der Waals surface area contributed by atoms with E-state index in [1.54, 1.807) is 6.07 Å². The Labute approximate surface area is 499 Å². The molecule has 39 heteroatoms. The summed E-state index contributed by atoms with van der Waals surface area (Å²) in [6.07, 6.45) is 2.12. The Balaban J connectivity index is 0.000000167. The highest BCUT2D eigenvalue weighted by Gasteiger charge is 2.33. The summed E-state index contributed by atoms with van der Waals surface area (Å²) in [5, 5.41) is 45.7. The second-order valence-electron chi connectivity index (χ2n) is 17.2. The van der Waals surface area contributed by atoms with E-state index >= 15 is 0 Å². The Hall–Kier alpha value is -8.77. The molecule has 0 atom stereocenters. The molecule has 4 amide bonds. The number of hydrogen-bond acceptors (Lipinski definition) is 21. The van der Waals surface area contributed by atoms with Crippen molar-refractivity contribution in [1.82, 2.24) is 40.8 Å². The van der Waals surface area contributed by atoms with Gasteiger partial charge in [-0.15, -0.1) is 15.3 Å². The van der Waals surface area contributed by atoms with Crippen molar-refractivity contribution in [2.24, 2.45) is 0 Å². The summed E-state index contributed by atoms with van der Waals surface area (Å²) in [7, 11) is 0. The summed E-state index contributed by atoms with van der Waals surface area (Å²) in [6, 6.07) is 20.2. The number of amides is 4. The van der Waals surface area contributed by atoms with Crippen molar-refractivity contribution in [2.45, 2.75) is 92.0 Å². The molecule has 0 radical (unpaired) electrons. The Morgan fingerprint density at radius 1 is 0.420 bits per heavy atom. The van der Waals surface area contributed by atoms with E-state index in [-0.39, 0.29) is 125 Å². The van der Waals surface area contributed by atoms with E-state index in [0.29, 0.717) is 11.8 Å². The standard InChI is InChI=1S/C14H12F3N3O2S.C13H10F3N3O2S.C11H6F5N3O2S.C11H5F3N4O2S/c15-14(16,17)23-10-6-4-8(5-7-10)11(21)18-13-20-19-12(22-13)9-2-1-3-9;14-13(15,16)22-9-5-3-7(4-6-9)10(20)17-12-19-18-11(21-12)8-1-2-8;12-7(13)9-18-19-10(21-9)17-8(20)5-1-3-6(4-2-5)22-11(14,15)16;12-11(13,14)21-7-3-1-6(2-4-7)9(19)16-10-18-17-8(5-15)20-10/h4-7,9H,1-3H2,(H,18,20,21);3-6,8H,1-2H2,(H,17,19,20);1-4,7H,(H,17,19,20);1-4H,(H,16,18,19). The fourth-order valence-electron chi connectivity index (χ4n) is 6.49. The van der Waals surface area contributed by atoms with E-state index in [1.807, 2.05) is 0 Å². The van der Waals surface area contributed by atoms with Crippen molar-refractivity contribution in [1.29, 1.82) is 5.26 Å². The van der Waals surface area contributed by atoms with Gasteiger partial charge in [-0.3, -0.25) is 40.4 Å². The molecule has 2 aliphatic carbocycles. The Morgan fingerprint density at radius 3 is 0.955 bits per heavy atom. The first kappa shape index (κ1) is 66.8. The first-order valence-corrected chi connectivity index (χ1v) is 27.4. The molecule has 464 valence electrons. The van der Waals surface area contributed by atoms with Crippen LogP contribution >= 0.6 is 47.0 Å². The summed E-state index contributed by atoms with van der Waals surface area (Å²) in [6.45, 7) is 0. The molecule has 4 aromatic carbocycles. The molecule has 0 saturated heterocycles. The molecule has 0 unspecified atom stereocenters. The molecule has 2 fully saturated rings. The van der Waals surface area contributed by atoms with Gasteiger partial charge < -0.3 is 17.7 Å². The molecule has 21 nitrogen and oxygen atoms in total. The maximum Gasteiger partial charge on any atom is 0.446 e. The topological polar surface area (TPSA) is 296 Å². The minimum atomic E-state index is -4.43. The molecule has 4 heterocycles. The number of carbonyl (C=O) groups is 4. The van der Waals surface area contributed by atoms with Crippen LogP contribution in [-0.4, -0.2) is 86.5 Å². The molecule has 10 rings (SSSR count). The molecular weight excluding hydrogens is 1290 g/mol. The van der Waals surface area contributed by atoms with Crippen molar-refractivity contribution in [3.05, 3.63) is 143 Å². The predicted octanol–water partition coefficient (Wildman–Crippen LogP) is 14.7. The van der Waals surface area contributed by atoms with Gasteiger partial charge in [0, 0.05) is 53.7 Å². The van der Waals surface area contributed by atoms with E-state index in [9.17, 15) is 80.6 Å². The van der Waals surface area contributed by atoms with E-state index in [4.69, 9.17) is 18.5 Å². The van der Waals surface area contributed by atoms with Crippen molar-refractivity contribution in [2.75, 3.05) is 21.3 Å². The zero-order valence-electron chi connectivity index (χ0n) is 43.2. The number of benzene rings is 4. The maximum atomic E-state index is 12.2. The van der Waals surface area contributed by atoms with Gasteiger partial charge in [0.05, 0.1) is 0 Å². The van der Waals surface area contributed by atoms with Gasteiger partial charge >= 0.3 is 58.4 Å². The number of halogens is 14. The number of nitriles is 1. The van der Waals surface area contributed by atoms with Crippen LogP contribution in [0.5, 0.6) is 0 Å². The fourth-order valence-corrected chi connectivity index (χ4v) is 8.64. The first-order chi connectivity index (χ1) is 41.4. The van der Waals surface area contributed by atoms with Crippen molar-refractivity contribution >= 4 is 94.7 Å². The number of rotatable bonds is 15. The minimum absolute atomic E-state index is 0.00308. The number of carbonyl (C=O) groups excluding carboxylic acids is 4. The molecule has 0 bridgehead atoms. The highest BCUT2D eigenvalue weighted by molar-refractivity contribution is 8.00. The summed E-state index contributed by atoms with van der Waals surface area (Å²) in [4.78, 5) is 47.3. The number of aromatic nitrogens is 8. The van der Waals surface area contributed by atoms with Crippen LogP contribution < -0.4 is 21.3 Å². The van der Waals surface area contributed by atoms with Crippen LogP contribution in [0.25, 0.3) is 0 Å². The second-order valence-corrected chi connectivity index (χ2v) is 21.7. The predicted molar refractivity (Wildman–Crippen MR) is 281 cm³/mol. The first-order valence-electron chi connectivity index (χ1n) is 24.1. The highest BCUT2D eigenvalue weighted by Crippen LogP contribution is 2.42. The number of nitrogens with one attached hydrogen (secondary N) is 4. The van der Waals surface area contributed by atoms with Crippen molar-refractivity contribution in [3.63, 3.8) is 0 Å². The van der Waals surface area contributed by atoms with Crippen LogP contribution in [0.1, 0.15) is 115 Å². The number of alkyl halides is 14. The number of thioether (sulfide) groups is 4. The molecule has 4 aromatic heterocycles. The second kappa shape index (κ2) is 29.3. The van der Waals surface area contributed by atoms with Crippen LogP contribution in [-0.2, 0) is 0 Å². The molecule has 2 aliphatic rings. The van der Waals surface area contributed by atoms with Gasteiger partial charge in [-0.25, -0.2) is 0 Å². The zero-order chi connectivity index (χ0) is 64.0. The largest absolute Gasteiger partial charge is 0.446 e. The summed E-state index contributed by atoms with van der Waals surface area (Å²) in [5.74, 6) is -2.21. The third kappa shape index (κ3) is 22.2. The molecular formula is C49H33F14N13O8S4. The lowest BCUT2D eigenvalue weighted by atomic mass is 9.85. The molecule has 88 heavy (non-hydrogen) atoms. The summed E-state index contributed by atoms with van der Waals surface area (Å²) < 4.78 is 191. The highest BCUT2D eigenvalue weighted by atomic mass is 32.2. The van der Waals surface area contributed by atoms with E-state index < -0.39 is 64.0 Å². The monoisotopic (exact) mass is 1330 g/mol. The summed E-state index contributed by atoms with van der Waals surface area (Å²) in [5.41, 5.74) is -17.0. The van der Waals surface area contributed by atoms with E-state index in [1.165, 1.54) is 72.8 Å². The Morgan fingerprint density at radius 2 is 0.705 bits per heavy atom. The van der Waals surface area contributed by atoms with Gasteiger partial charge in [0.2, 0.25) is 11.8 Å². The third-order valence-electron chi connectivity index (χ3n) is 10.7. The van der Waals surface area contributed by atoms with Crippen LogP contribution in [0.3, 0.4) is 0 Å². The lowest BCUT2D eigenvalue weighted by molar-refractivity contribution is -0.0337. The lowest BCUT2D eigenvalue weighted by Crippen LogP contribution is -2.12. The Bertz CT molecular complexity index is 3570. The van der Waals surface area contributed by atoms with Gasteiger partial charge in [-0.2, -0.15) is 66.7 Å². The fraction of sp³-hybridized carbons (Fsp3) is 0.245.